The third-order valence-electron chi connectivity index (χ3n) is 4.91. The first-order valence-electron chi connectivity index (χ1n) is 9.24. The summed E-state index contributed by atoms with van der Waals surface area (Å²) in [5.41, 5.74) is 5.93. The van der Waals surface area contributed by atoms with E-state index in [2.05, 4.69) is 15.2 Å². The predicted octanol–water partition coefficient (Wildman–Crippen LogP) is 0.0550. The molecule has 0 aliphatic carbocycles. The Hall–Kier alpha value is -2.46. The Bertz CT molecular complexity index is 985. The summed E-state index contributed by atoms with van der Waals surface area (Å²) in [5.74, 6) is -0.770. The molecule has 2 aromatic rings. The maximum absolute atomic E-state index is 12.5. The molecule has 1 aliphatic rings. The smallest absolute Gasteiger partial charge is 0.272 e. The molecular formula is C18H25N5O4S. The minimum Gasteiger partial charge on any atom is -0.369 e. The number of piperidine rings is 1. The summed E-state index contributed by atoms with van der Waals surface area (Å²) < 4.78 is 25.3. The van der Waals surface area contributed by atoms with Gasteiger partial charge in [0.25, 0.3) is 5.91 Å². The molecule has 1 fully saturated rings. The zero-order chi connectivity index (χ0) is 20.3. The third kappa shape index (κ3) is 4.50. The van der Waals surface area contributed by atoms with E-state index in [1.165, 1.54) is 4.40 Å². The van der Waals surface area contributed by atoms with E-state index >= 15 is 0 Å². The first kappa shape index (κ1) is 20.3. The fraction of sp³-hybridized carbons (Fsp3) is 0.500. The first-order chi connectivity index (χ1) is 13.3. The van der Waals surface area contributed by atoms with Crippen molar-refractivity contribution >= 4 is 27.2 Å². The lowest BCUT2D eigenvalue weighted by Crippen LogP contribution is -2.42. The number of hydrogen-bond acceptors (Lipinski definition) is 6. The number of aromatic nitrogens is 2. The molecule has 3 heterocycles. The number of imidazole rings is 1. The van der Waals surface area contributed by atoms with Crippen molar-refractivity contribution < 1.29 is 18.0 Å². The zero-order valence-corrected chi connectivity index (χ0v) is 16.6. The highest BCUT2D eigenvalue weighted by atomic mass is 32.2. The summed E-state index contributed by atoms with van der Waals surface area (Å²) in [6.45, 7) is 2.76. The maximum Gasteiger partial charge on any atom is 0.272 e. The summed E-state index contributed by atoms with van der Waals surface area (Å²) >= 11 is 0. The van der Waals surface area contributed by atoms with Gasteiger partial charge in [-0.15, -0.1) is 0 Å². The fourth-order valence-corrected chi connectivity index (χ4v) is 4.29. The number of nitrogens with zero attached hydrogens (tertiary/aromatic N) is 3. The van der Waals surface area contributed by atoms with Crippen molar-refractivity contribution in [2.24, 2.45) is 11.7 Å². The number of nitrogens with two attached hydrogens (primary N) is 1. The van der Waals surface area contributed by atoms with Gasteiger partial charge in [0.15, 0.2) is 5.69 Å². The van der Waals surface area contributed by atoms with Gasteiger partial charge < -0.3 is 16.0 Å². The van der Waals surface area contributed by atoms with E-state index in [1.54, 1.807) is 24.4 Å². The fourth-order valence-electron chi connectivity index (χ4n) is 3.52. The van der Waals surface area contributed by atoms with E-state index in [0.717, 1.165) is 32.2 Å². The number of carbonyl (C=O) groups is 2. The van der Waals surface area contributed by atoms with Crippen molar-refractivity contribution in [3.8, 4) is 0 Å². The van der Waals surface area contributed by atoms with Gasteiger partial charge in [-0.25, -0.2) is 13.4 Å². The molecule has 0 saturated carbocycles. The quantitative estimate of drug-likeness (QED) is 0.625. The van der Waals surface area contributed by atoms with E-state index in [-0.39, 0.29) is 22.7 Å². The van der Waals surface area contributed by atoms with Gasteiger partial charge in [0.05, 0.1) is 11.4 Å². The molecule has 0 radical (unpaired) electrons. The highest BCUT2D eigenvalue weighted by Gasteiger charge is 2.24. The minimum absolute atomic E-state index is 0.0905. The van der Waals surface area contributed by atoms with E-state index in [9.17, 15) is 18.0 Å². The van der Waals surface area contributed by atoms with E-state index in [0.29, 0.717) is 25.0 Å². The normalized spacial score (nSPS) is 18.2. The molecule has 1 atom stereocenters. The van der Waals surface area contributed by atoms with Crippen molar-refractivity contribution in [2.45, 2.75) is 24.4 Å². The molecule has 1 aliphatic heterocycles. The molecule has 0 spiro atoms. The lowest BCUT2D eigenvalue weighted by Gasteiger charge is -2.31. The zero-order valence-electron chi connectivity index (χ0n) is 15.8. The molecule has 152 valence electrons. The second-order valence-corrected chi connectivity index (χ2v) is 9.03. The van der Waals surface area contributed by atoms with Gasteiger partial charge >= 0.3 is 0 Å². The number of primary amides is 1. The van der Waals surface area contributed by atoms with Crippen LogP contribution in [-0.2, 0) is 14.6 Å². The lowest BCUT2D eigenvalue weighted by atomic mass is 9.97. The average Bonchev–Trinajstić information content (AvgIpc) is 3.05. The Labute approximate surface area is 163 Å². The molecule has 2 aromatic heterocycles. The molecule has 0 aromatic carbocycles. The second-order valence-electron chi connectivity index (χ2n) is 7.12. The van der Waals surface area contributed by atoms with E-state index < -0.39 is 15.7 Å². The molecular weight excluding hydrogens is 382 g/mol. The predicted molar refractivity (Wildman–Crippen MR) is 104 cm³/mol. The monoisotopic (exact) mass is 407 g/mol. The SMILES string of the molecule is CS(=O)(=O)c1nc(C(=O)NCCCN2CCCC(C(N)=O)C2)c2ccccn12. The molecule has 9 nitrogen and oxygen atoms in total. The Morgan fingerprint density at radius 2 is 2.14 bits per heavy atom. The van der Waals surface area contributed by atoms with Crippen LogP contribution in [0.4, 0.5) is 0 Å². The van der Waals surface area contributed by atoms with Crippen LogP contribution in [0, 0.1) is 5.92 Å². The van der Waals surface area contributed by atoms with Gasteiger partial charge in [-0.05, 0) is 44.5 Å². The number of rotatable bonds is 7. The van der Waals surface area contributed by atoms with Crippen molar-refractivity contribution in [1.82, 2.24) is 19.6 Å². The number of hydrogen-bond donors (Lipinski definition) is 2. The first-order valence-corrected chi connectivity index (χ1v) is 11.1. The second kappa shape index (κ2) is 8.27. The molecule has 1 unspecified atom stereocenters. The van der Waals surface area contributed by atoms with Crippen molar-refractivity contribution in [3.05, 3.63) is 30.1 Å². The van der Waals surface area contributed by atoms with Crippen LogP contribution < -0.4 is 11.1 Å². The average molecular weight is 407 g/mol. The molecule has 0 bridgehead atoms. The number of pyridine rings is 1. The largest absolute Gasteiger partial charge is 0.369 e. The standard InChI is InChI=1S/C18H25N5O4S/c1-28(26,27)18-21-15(14-7-2-3-11-23(14)18)17(25)20-8-5-10-22-9-4-6-13(12-22)16(19)24/h2-3,7,11,13H,4-6,8-10,12H2,1H3,(H2,19,24)(H,20,25). The maximum atomic E-state index is 12.5. The van der Waals surface area contributed by atoms with Crippen LogP contribution in [0.1, 0.15) is 29.8 Å². The molecule has 1 saturated heterocycles. The van der Waals surface area contributed by atoms with Crippen LogP contribution >= 0.6 is 0 Å². The van der Waals surface area contributed by atoms with Gasteiger partial charge in [-0.3, -0.25) is 14.0 Å². The van der Waals surface area contributed by atoms with Gasteiger partial charge in [-0.1, -0.05) is 6.07 Å². The summed E-state index contributed by atoms with van der Waals surface area (Å²) in [6.07, 6.45) is 5.12. The van der Waals surface area contributed by atoms with Gasteiger partial charge in [0.1, 0.15) is 0 Å². The van der Waals surface area contributed by atoms with Crippen molar-refractivity contribution in [1.29, 1.82) is 0 Å². The third-order valence-corrected chi connectivity index (χ3v) is 5.86. The molecule has 2 amide bonds. The number of nitrogens with one attached hydrogen (secondary N) is 1. The molecule has 10 heteroatoms. The topological polar surface area (TPSA) is 127 Å². The lowest BCUT2D eigenvalue weighted by molar-refractivity contribution is -0.123. The Kier molecular flexibility index (Phi) is 5.99. The van der Waals surface area contributed by atoms with Gasteiger partial charge in [0.2, 0.25) is 20.9 Å². The Morgan fingerprint density at radius 1 is 1.36 bits per heavy atom. The van der Waals surface area contributed by atoms with E-state index in [4.69, 9.17) is 5.73 Å². The van der Waals surface area contributed by atoms with Gasteiger partial charge in [0, 0.05) is 25.5 Å². The minimum atomic E-state index is -3.57. The summed E-state index contributed by atoms with van der Waals surface area (Å²) in [6, 6.07) is 5.07. The molecule has 28 heavy (non-hydrogen) atoms. The van der Waals surface area contributed by atoms with Crippen molar-refractivity contribution in [2.75, 3.05) is 32.4 Å². The summed E-state index contributed by atoms with van der Waals surface area (Å²) in [5, 5.41) is 2.65. The highest BCUT2D eigenvalue weighted by molar-refractivity contribution is 7.90. The van der Waals surface area contributed by atoms with Crippen molar-refractivity contribution in [3.63, 3.8) is 0 Å². The molecule has 3 N–H and O–H groups in total. The summed E-state index contributed by atoms with van der Waals surface area (Å²) in [7, 11) is -3.57. The van der Waals surface area contributed by atoms with E-state index in [1.807, 2.05) is 0 Å². The van der Waals surface area contributed by atoms with Crippen LogP contribution in [0.5, 0.6) is 0 Å². The highest BCUT2D eigenvalue weighted by Crippen LogP contribution is 2.17. The van der Waals surface area contributed by atoms with Gasteiger partial charge in [-0.2, -0.15) is 0 Å². The molecule has 3 rings (SSSR count). The van der Waals surface area contributed by atoms with Crippen LogP contribution in [0.15, 0.2) is 29.6 Å². The number of sulfone groups is 1. The Morgan fingerprint density at radius 3 is 2.86 bits per heavy atom. The Balaban J connectivity index is 1.59. The summed E-state index contributed by atoms with van der Waals surface area (Å²) in [4.78, 5) is 30.1. The van der Waals surface area contributed by atoms with Crippen LogP contribution in [-0.4, -0.2) is 67.0 Å². The van der Waals surface area contributed by atoms with Crippen LogP contribution in [0.3, 0.4) is 0 Å². The van der Waals surface area contributed by atoms with Crippen LogP contribution in [0.2, 0.25) is 0 Å². The number of amides is 2. The number of carbonyl (C=O) groups excluding carboxylic acids is 2. The van der Waals surface area contributed by atoms with Crippen LogP contribution in [0.25, 0.3) is 5.52 Å². The number of fused-ring (bicyclic) bond motifs is 1. The number of likely N-dealkylation sites (tertiary alicyclic amines) is 1.